The molecule has 1 unspecified atom stereocenters. The van der Waals surface area contributed by atoms with Crippen LogP contribution in [-0.2, 0) is 10.3 Å². The smallest absolute Gasteiger partial charge is 0.268 e. The lowest BCUT2D eigenvalue weighted by Crippen LogP contribution is -2.56. The van der Waals surface area contributed by atoms with Crippen molar-refractivity contribution in [3.05, 3.63) is 80.8 Å². The Hall–Kier alpha value is -2.86. The molecule has 0 N–H and O–H groups in total. The van der Waals surface area contributed by atoms with Crippen LogP contribution in [0.1, 0.15) is 45.7 Å². The summed E-state index contributed by atoms with van der Waals surface area (Å²) in [6.07, 6.45) is 2.89. The fourth-order valence-corrected chi connectivity index (χ4v) is 4.20. The second-order valence-electron chi connectivity index (χ2n) is 6.73. The summed E-state index contributed by atoms with van der Waals surface area (Å²) in [5.74, 6) is -1.40. The van der Waals surface area contributed by atoms with Crippen LogP contribution in [-0.4, -0.2) is 28.7 Å². The van der Waals surface area contributed by atoms with Crippen molar-refractivity contribution in [2.75, 3.05) is 0 Å². The first-order chi connectivity index (χ1) is 12.9. The number of carbonyl (C=O) groups is 3. The lowest BCUT2D eigenvalue weighted by atomic mass is 9.80. The molecule has 134 valence electrons. The van der Waals surface area contributed by atoms with E-state index in [1.165, 1.54) is 12.3 Å². The van der Waals surface area contributed by atoms with Gasteiger partial charge in [0, 0.05) is 32.8 Å². The molecule has 1 aliphatic heterocycles. The van der Waals surface area contributed by atoms with Crippen LogP contribution in [0.5, 0.6) is 0 Å². The first-order valence-electron chi connectivity index (χ1n) is 8.39. The molecule has 1 heterocycles. The summed E-state index contributed by atoms with van der Waals surface area (Å²) < 4.78 is 0.525. The van der Waals surface area contributed by atoms with E-state index in [1.807, 2.05) is 0 Å². The van der Waals surface area contributed by atoms with Crippen LogP contribution in [0, 0.1) is 0 Å². The minimum atomic E-state index is -1.82. The third kappa shape index (κ3) is 2.29. The van der Waals surface area contributed by atoms with Crippen molar-refractivity contribution in [3.63, 3.8) is 0 Å². The Balaban J connectivity index is 2.05. The normalized spacial score (nSPS) is 19.9. The van der Waals surface area contributed by atoms with Crippen molar-refractivity contribution in [1.29, 1.82) is 0 Å². The standard InChI is InChI=1S/C21H15BrN2O3/c1-12(2)10-17(25)24-21(15-8-4-3-6-13(15)11-23-24)19(26)14-7-5-9-16(22)18(14)20(21)27/h3-11H,1-2H3. The van der Waals surface area contributed by atoms with E-state index in [1.54, 1.807) is 56.3 Å². The Labute approximate surface area is 164 Å². The zero-order valence-electron chi connectivity index (χ0n) is 14.7. The molecule has 2 aromatic carbocycles. The number of Topliss-reactive ketones (excluding diaryl/α,β-unsaturated/α-hetero) is 2. The van der Waals surface area contributed by atoms with E-state index in [9.17, 15) is 14.4 Å². The molecule has 0 fully saturated rings. The molecule has 1 amide bonds. The minimum Gasteiger partial charge on any atom is -0.290 e. The van der Waals surface area contributed by atoms with Crippen LogP contribution in [0.25, 0.3) is 0 Å². The largest absolute Gasteiger partial charge is 0.290 e. The van der Waals surface area contributed by atoms with Gasteiger partial charge in [-0.1, -0.05) is 57.9 Å². The summed E-state index contributed by atoms with van der Waals surface area (Å²) in [4.78, 5) is 40.1. The Morgan fingerprint density at radius 2 is 1.81 bits per heavy atom. The fourth-order valence-electron chi connectivity index (χ4n) is 3.65. The monoisotopic (exact) mass is 422 g/mol. The number of benzene rings is 2. The summed E-state index contributed by atoms with van der Waals surface area (Å²) >= 11 is 3.38. The molecule has 0 saturated heterocycles. The van der Waals surface area contributed by atoms with Gasteiger partial charge >= 0.3 is 0 Å². The molecule has 6 heteroatoms. The van der Waals surface area contributed by atoms with Crippen molar-refractivity contribution in [3.8, 4) is 0 Å². The summed E-state index contributed by atoms with van der Waals surface area (Å²) in [5.41, 5.74) is 0.611. The van der Waals surface area contributed by atoms with Crippen molar-refractivity contribution >= 4 is 39.6 Å². The molecule has 2 aromatic rings. The van der Waals surface area contributed by atoms with E-state index < -0.39 is 23.0 Å². The number of amides is 1. The zero-order chi connectivity index (χ0) is 19.3. The second-order valence-corrected chi connectivity index (χ2v) is 7.59. The second kappa shape index (κ2) is 6.09. The molecule has 0 radical (unpaired) electrons. The number of ketones is 2. The molecule has 4 rings (SSSR count). The maximum absolute atomic E-state index is 13.6. The predicted molar refractivity (Wildman–Crippen MR) is 105 cm³/mol. The highest BCUT2D eigenvalue weighted by atomic mass is 79.9. The van der Waals surface area contributed by atoms with Crippen molar-refractivity contribution in [2.45, 2.75) is 19.4 Å². The Morgan fingerprint density at radius 3 is 2.52 bits per heavy atom. The molecule has 0 bridgehead atoms. The molecule has 1 spiro atoms. The van der Waals surface area contributed by atoms with Gasteiger partial charge in [0.15, 0.2) is 0 Å². The number of halogens is 1. The predicted octanol–water partition coefficient (Wildman–Crippen LogP) is 3.87. The van der Waals surface area contributed by atoms with Crippen molar-refractivity contribution in [1.82, 2.24) is 5.01 Å². The van der Waals surface area contributed by atoms with Gasteiger partial charge in [0.2, 0.25) is 17.1 Å². The van der Waals surface area contributed by atoms with Crippen molar-refractivity contribution in [2.24, 2.45) is 5.10 Å². The van der Waals surface area contributed by atoms with Crippen molar-refractivity contribution < 1.29 is 14.4 Å². The number of allylic oxidation sites excluding steroid dienone is 1. The molecule has 5 nitrogen and oxygen atoms in total. The van der Waals surface area contributed by atoms with E-state index in [4.69, 9.17) is 0 Å². The van der Waals surface area contributed by atoms with Gasteiger partial charge in [-0.15, -0.1) is 0 Å². The van der Waals surface area contributed by atoms with Gasteiger partial charge in [0.1, 0.15) is 0 Å². The molecule has 0 aromatic heterocycles. The number of carbonyl (C=O) groups excluding carboxylic acids is 3. The first kappa shape index (κ1) is 17.5. The number of fused-ring (bicyclic) bond motifs is 3. The zero-order valence-corrected chi connectivity index (χ0v) is 16.3. The third-order valence-corrected chi connectivity index (χ3v) is 5.40. The number of rotatable bonds is 1. The molecule has 1 aliphatic carbocycles. The van der Waals surface area contributed by atoms with Crippen LogP contribution >= 0.6 is 15.9 Å². The number of nitrogens with zero attached hydrogens (tertiary/aromatic N) is 2. The van der Waals surface area contributed by atoms with Gasteiger partial charge in [-0.25, -0.2) is 5.01 Å². The van der Waals surface area contributed by atoms with Gasteiger partial charge in [-0.2, -0.15) is 5.10 Å². The van der Waals surface area contributed by atoms with Crippen LogP contribution in [0.3, 0.4) is 0 Å². The average Bonchev–Trinajstić information content (AvgIpc) is 2.85. The first-order valence-corrected chi connectivity index (χ1v) is 9.19. The number of hydrogen-bond acceptors (Lipinski definition) is 4. The minimum absolute atomic E-state index is 0.282. The van der Waals surface area contributed by atoms with Crippen LogP contribution < -0.4 is 0 Å². The van der Waals surface area contributed by atoms with Gasteiger partial charge in [-0.3, -0.25) is 14.4 Å². The van der Waals surface area contributed by atoms with E-state index >= 15 is 0 Å². The molecule has 2 aliphatic rings. The molecule has 1 atom stereocenters. The van der Waals surface area contributed by atoms with Gasteiger partial charge in [0.05, 0.1) is 6.21 Å². The maximum Gasteiger partial charge on any atom is 0.268 e. The molecular weight excluding hydrogens is 408 g/mol. The van der Waals surface area contributed by atoms with Crippen LogP contribution in [0.2, 0.25) is 0 Å². The Morgan fingerprint density at radius 1 is 1.07 bits per heavy atom. The average molecular weight is 423 g/mol. The summed E-state index contributed by atoms with van der Waals surface area (Å²) in [5, 5.41) is 5.26. The third-order valence-electron chi connectivity index (χ3n) is 4.74. The topological polar surface area (TPSA) is 66.8 Å². The SMILES string of the molecule is CC(C)=CC(=O)N1N=Cc2ccccc2C12C(=O)c1cccc(Br)c1C2=O. The lowest BCUT2D eigenvalue weighted by Gasteiger charge is -2.38. The quantitative estimate of drug-likeness (QED) is 0.517. The van der Waals surface area contributed by atoms with Crippen LogP contribution in [0.4, 0.5) is 0 Å². The fraction of sp³-hybridized carbons (Fsp3) is 0.143. The molecule has 27 heavy (non-hydrogen) atoms. The highest BCUT2D eigenvalue weighted by Gasteiger charge is 2.62. The summed E-state index contributed by atoms with van der Waals surface area (Å²) in [6.45, 7) is 3.55. The molecular formula is C21H15BrN2O3. The summed E-state index contributed by atoms with van der Waals surface area (Å²) in [7, 11) is 0. The van der Waals surface area contributed by atoms with E-state index in [2.05, 4.69) is 21.0 Å². The number of hydrogen-bond donors (Lipinski definition) is 0. The molecule has 0 saturated carbocycles. The maximum atomic E-state index is 13.6. The highest BCUT2D eigenvalue weighted by Crippen LogP contribution is 2.47. The number of hydrazone groups is 1. The summed E-state index contributed by atoms with van der Waals surface area (Å²) in [6, 6.07) is 12.1. The van der Waals surface area contributed by atoms with Gasteiger partial charge in [-0.05, 0) is 19.9 Å². The van der Waals surface area contributed by atoms with E-state index in [0.717, 1.165) is 10.6 Å². The van der Waals surface area contributed by atoms with Gasteiger partial charge in [0.25, 0.3) is 5.91 Å². The lowest BCUT2D eigenvalue weighted by molar-refractivity contribution is -0.130. The van der Waals surface area contributed by atoms with Gasteiger partial charge < -0.3 is 0 Å². The Kier molecular flexibility index (Phi) is 3.96. The van der Waals surface area contributed by atoms with E-state index in [-0.39, 0.29) is 11.1 Å². The van der Waals surface area contributed by atoms with E-state index in [0.29, 0.717) is 15.6 Å². The Bertz CT molecular complexity index is 1080. The van der Waals surface area contributed by atoms with Crippen LogP contribution in [0.15, 0.2) is 63.7 Å². The highest BCUT2D eigenvalue weighted by molar-refractivity contribution is 9.10.